The largest absolute Gasteiger partial charge is 0.361 e. The maximum absolute atomic E-state index is 13.0. The van der Waals surface area contributed by atoms with Crippen LogP contribution in [0.25, 0.3) is 0 Å². The molecule has 3 atom stereocenters. The van der Waals surface area contributed by atoms with Crippen LogP contribution >= 0.6 is 0 Å². The summed E-state index contributed by atoms with van der Waals surface area (Å²) < 4.78 is 5.08. The van der Waals surface area contributed by atoms with Gasteiger partial charge in [-0.05, 0) is 46.0 Å². The van der Waals surface area contributed by atoms with Crippen molar-refractivity contribution in [3.05, 3.63) is 28.7 Å². The molecule has 26 heavy (non-hydrogen) atoms. The third kappa shape index (κ3) is 2.95. The maximum atomic E-state index is 13.0. The number of hydrogen-bond acceptors (Lipinski definition) is 4. The summed E-state index contributed by atoms with van der Waals surface area (Å²) in [6.45, 7) is 4.41. The van der Waals surface area contributed by atoms with E-state index in [1.54, 1.807) is 6.92 Å². The van der Waals surface area contributed by atoms with Crippen molar-refractivity contribution in [2.45, 2.75) is 70.9 Å². The molecule has 2 amide bonds. The van der Waals surface area contributed by atoms with E-state index in [-0.39, 0.29) is 23.9 Å². The highest BCUT2D eigenvalue weighted by molar-refractivity contribution is 5.96. The number of aryl methyl sites for hydroxylation is 1. The Kier molecular flexibility index (Phi) is 4.59. The Bertz CT molecular complexity index is 751. The molecule has 3 unspecified atom stereocenters. The Morgan fingerprint density at radius 3 is 2.69 bits per heavy atom. The van der Waals surface area contributed by atoms with Gasteiger partial charge in [0.1, 0.15) is 11.3 Å². The highest BCUT2D eigenvalue weighted by Gasteiger charge is 2.46. The zero-order valence-corrected chi connectivity index (χ0v) is 15.6. The summed E-state index contributed by atoms with van der Waals surface area (Å²) in [4.78, 5) is 27.7. The molecule has 1 N–H and O–H groups in total. The van der Waals surface area contributed by atoms with E-state index in [4.69, 9.17) is 4.52 Å². The van der Waals surface area contributed by atoms with Crippen LogP contribution in [0.4, 0.5) is 0 Å². The Balaban J connectivity index is 1.53. The normalized spacial score (nSPS) is 28.4. The molecule has 1 aromatic rings. The van der Waals surface area contributed by atoms with Gasteiger partial charge in [0.15, 0.2) is 0 Å². The molecule has 140 valence electrons. The molecule has 1 saturated heterocycles. The van der Waals surface area contributed by atoms with Crippen molar-refractivity contribution in [2.75, 3.05) is 6.54 Å². The molecule has 2 heterocycles. The van der Waals surface area contributed by atoms with E-state index in [0.29, 0.717) is 23.8 Å². The Morgan fingerprint density at radius 1 is 1.19 bits per heavy atom. The molecule has 1 saturated carbocycles. The van der Waals surface area contributed by atoms with E-state index >= 15 is 0 Å². The van der Waals surface area contributed by atoms with Gasteiger partial charge in [0.25, 0.3) is 5.91 Å². The molecule has 6 nitrogen and oxygen atoms in total. The van der Waals surface area contributed by atoms with Crippen molar-refractivity contribution >= 4 is 11.8 Å². The SMILES string of the molecule is CC1=C(C(=O)NC2CN(C(=O)c3cnoc3C)C3CCCCC23)CCC1. The van der Waals surface area contributed by atoms with Gasteiger partial charge in [-0.15, -0.1) is 0 Å². The van der Waals surface area contributed by atoms with E-state index in [2.05, 4.69) is 17.4 Å². The summed E-state index contributed by atoms with van der Waals surface area (Å²) in [6.07, 6.45) is 8.87. The number of aromatic nitrogens is 1. The topological polar surface area (TPSA) is 75.4 Å². The molecule has 2 fully saturated rings. The van der Waals surface area contributed by atoms with Crippen molar-refractivity contribution in [3.63, 3.8) is 0 Å². The predicted octanol–water partition coefficient (Wildman–Crippen LogP) is 2.98. The monoisotopic (exact) mass is 357 g/mol. The minimum absolute atomic E-state index is 0.0198. The van der Waals surface area contributed by atoms with Gasteiger partial charge in [0.05, 0.1) is 12.2 Å². The Hall–Kier alpha value is -2.11. The van der Waals surface area contributed by atoms with Gasteiger partial charge >= 0.3 is 0 Å². The van der Waals surface area contributed by atoms with Crippen molar-refractivity contribution in [3.8, 4) is 0 Å². The second-order valence-corrected chi connectivity index (χ2v) is 7.96. The highest BCUT2D eigenvalue weighted by Crippen LogP contribution is 2.38. The number of carbonyl (C=O) groups is 2. The average molecular weight is 357 g/mol. The molecular weight excluding hydrogens is 330 g/mol. The van der Waals surface area contributed by atoms with Gasteiger partial charge in [0.2, 0.25) is 5.91 Å². The van der Waals surface area contributed by atoms with Gasteiger partial charge in [0, 0.05) is 24.1 Å². The van der Waals surface area contributed by atoms with Crippen LogP contribution in [-0.4, -0.2) is 40.5 Å². The third-order valence-corrected chi connectivity index (χ3v) is 6.42. The summed E-state index contributed by atoms with van der Waals surface area (Å²) >= 11 is 0. The summed E-state index contributed by atoms with van der Waals surface area (Å²) in [5.74, 6) is 0.958. The van der Waals surface area contributed by atoms with Crippen LogP contribution in [0.1, 0.15) is 68.0 Å². The summed E-state index contributed by atoms with van der Waals surface area (Å²) in [7, 11) is 0. The number of likely N-dealkylation sites (tertiary alicyclic amines) is 1. The van der Waals surface area contributed by atoms with Crippen molar-refractivity contribution < 1.29 is 14.1 Å². The standard InChI is InChI=1S/C20H27N3O3/c1-12-6-5-8-14(12)19(24)22-17-11-23(18-9-4-3-7-15(17)18)20(25)16-10-21-26-13(16)2/h10,15,17-18H,3-9,11H2,1-2H3,(H,22,24). The van der Waals surface area contributed by atoms with Crippen LogP contribution in [0.15, 0.2) is 21.9 Å². The first-order chi connectivity index (χ1) is 12.6. The first kappa shape index (κ1) is 17.3. The number of nitrogens with one attached hydrogen (secondary N) is 1. The van der Waals surface area contributed by atoms with E-state index < -0.39 is 0 Å². The molecular formula is C20H27N3O3. The smallest absolute Gasteiger partial charge is 0.259 e. The molecule has 4 rings (SSSR count). The summed E-state index contributed by atoms with van der Waals surface area (Å²) in [5, 5.41) is 7.01. The second-order valence-electron chi connectivity index (χ2n) is 7.96. The predicted molar refractivity (Wildman–Crippen MR) is 96.5 cm³/mol. The van der Waals surface area contributed by atoms with E-state index in [0.717, 1.165) is 44.1 Å². The minimum Gasteiger partial charge on any atom is -0.361 e. The fourth-order valence-electron chi connectivity index (χ4n) is 4.98. The number of hydrogen-bond donors (Lipinski definition) is 1. The molecule has 0 bridgehead atoms. The zero-order valence-electron chi connectivity index (χ0n) is 15.6. The minimum atomic E-state index is -0.0198. The lowest BCUT2D eigenvalue weighted by Gasteiger charge is -2.32. The fourth-order valence-corrected chi connectivity index (χ4v) is 4.98. The lowest BCUT2D eigenvalue weighted by atomic mass is 9.82. The Morgan fingerprint density at radius 2 is 2.00 bits per heavy atom. The molecule has 0 spiro atoms. The first-order valence-electron chi connectivity index (χ1n) is 9.78. The number of nitrogens with zero attached hydrogens (tertiary/aromatic N) is 2. The third-order valence-electron chi connectivity index (χ3n) is 6.42. The van der Waals surface area contributed by atoms with Crippen molar-refractivity contribution in [2.24, 2.45) is 5.92 Å². The fraction of sp³-hybridized carbons (Fsp3) is 0.650. The number of rotatable bonds is 3. The number of amides is 2. The van der Waals surface area contributed by atoms with Gasteiger partial charge in [-0.25, -0.2) is 0 Å². The zero-order chi connectivity index (χ0) is 18.3. The van der Waals surface area contributed by atoms with Gasteiger partial charge in [-0.2, -0.15) is 0 Å². The lowest BCUT2D eigenvalue weighted by Crippen LogP contribution is -2.42. The van der Waals surface area contributed by atoms with E-state index in [9.17, 15) is 9.59 Å². The van der Waals surface area contributed by atoms with Crippen LogP contribution in [0, 0.1) is 12.8 Å². The molecule has 1 aliphatic heterocycles. The number of carbonyl (C=O) groups excluding carboxylic acids is 2. The summed E-state index contributed by atoms with van der Waals surface area (Å²) in [5.41, 5.74) is 2.71. The van der Waals surface area contributed by atoms with Crippen LogP contribution in [-0.2, 0) is 4.79 Å². The van der Waals surface area contributed by atoms with Crippen LogP contribution in [0.3, 0.4) is 0 Å². The summed E-state index contributed by atoms with van der Waals surface area (Å²) in [6, 6.07) is 0.243. The van der Waals surface area contributed by atoms with Crippen LogP contribution in [0.5, 0.6) is 0 Å². The number of allylic oxidation sites excluding steroid dienone is 1. The molecule has 1 aromatic heterocycles. The molecule has 0 radical (unpaired) electrons. The van der Waals surface area contributed by atoms with Crippen molar-refractivity contribution in [1.29, 1.82) is 0 Å². The molecule has 3 aliphatic rings. The quantitative estimate of drug-likeness (QED) is 0.902. The molecule has 6 heteroatoms. The molecule has 0 aromatic carbocycles. The maximum Gasteiger partial charge on any atom is 0.259 e. The first-order valence-corrected chi connectivity index (χ1v) is 9.78. The van der Waals surface area contributed by atoms with Crippen molar-refractivity contribution in [1.82, 2.24) is 15.4 Å². The molecule has 2 aliphatic carbocycles. The second kappa shape index (κ2) is 6.89. The van der Waals surface area contributed by atoms with E-state index in [1.165, 1.54) is 18.2 Å². The van der Waals surface area contributed by atoms with Crippen LogP contribution in [0.2, 0.25) is 0 Å². The van der Waals surface area contributed by atoms with Gasteiger partial charge in [-0.3, -0.25) is 9.59 Å². The Labute approximate surface area is 154 Å². The van der Waals surface area contributed by atoms with E-state index in [1.807, 2.05) is 4.90 Å². The highest BCUT2D eigenvalue weighted by atomic mass is 16.5. The number of fused-ring (bicyclic) bond motifs is 1. The lowest BCUT2D eigenvalue weighted by molar-refractivity contribution is -0.118. The van der Waals surface area contributed by atoms with Gasteiger partial charge in [-0.1, -0.05) is 23.6 Å². The van der Waals surface area contributed by atoms with Gasteiger partial charge < -0.3 is 14.7 Å². The average Bonchev–Trinajstić information content (AvgIpc) is 3.34. The van der Waals surface area contributed by atoms with Crippen LogP contribution < -0.4 is 5.32 Å².